The molecule has 0 amide bonds. The Bertz CT molecular complexity index is 990. The number of rotatable bonds is 5. The van der Waals surface area contributed by atoms with Gasteiger partial charge in [-0.2, -0.15) is 0 Å². The average Bonchev–Trinajstić information content (AvgIpc) is 2.93. The van der Waals surface area contributed by atoms with Gasteiger partial charge in [0, 0.05) is 4.90 Å². The van der Waals surface area contributed by atoms with Gasteiger partial charge < -0.3 is 4.74 Å². The molecular formula is C31H34F4OS. The summed E-state index contributed by atoms with van der Waals surface area (Å²) in [7, 11) is 1.55. The van der Waals surface area contributed by atoms with Crippen LogP contribution in [0.25, 0.3) is 0 Å². The van der Waals surface area contributed by atoms with E-state index in [1.807, 2.05) is 25.3 Å². The van der Waals surface area contributed by atoms with Crippen LogP contribution < -0.4 is 4.74 Å². The van der Waals surface area contributed by atoms with Gasteiger partial charge in [0.05, 0.1) is 7.11 Å². The van der Waals surface area contributed by atoms with Crippen LogP contribution in [0.1, 0.15) is 31.4 Å². The first-order chi connectivity index (χ1) is 17.8. The second-order valence-electron chi connectivity index (χ2n) is 7.67. The number of benzene rings is 4. The van der Waals surface area contributed by atoms with Crippen molar-refractivity contribution in [3.05, 3.63) is 131 Å². The van der Waals surface area contributed by atoms with Crippen molar-refractivity contribution in [1.82, 2.24) is 0 Å². The SMILES string of the molecule is CCCc1ccc(F)cc1.CCc1ccc(F)cc1.COc1ccc(F)cc1.CSc1ccc(F)cc1. The van der Waals surface area contributed by atoms with Crippen LogP contribution in [-0.2, 0) is 12.8 Å². The lowest BCUT2D eigenvalue weighted by molar-refractivity contribution is 0.413. The fourth-order valence-corrected chi connectivity index (χ4v) is 3.21. The number of methoxy groups -OCH3 is 1. The van der Waals surface area contributed by atoms with Crippen molar-refractivity contribution in [2.45, 2.75) is 38.0 Å². The molecule has 4 aromatic rings. The second-order valence-corrected chi connectivity index (χ2v) is 8.55. The predicted octanol–water partition coefficient (Wildman–Crippen LogP) is 9.55. The molecule has 4 aromatic carbocycles. The van der Waals surface area contributed by atoms with Gasteiger partial charge in [-0.15, -0.1) is 11.8 Å². The van der Waals surface area contributed by atoms with E-state index in [2.05, 4.69) is 6.92 Å². The molecule has 0 N–H and O–H groups in total. The van der Waals surface area contributed by atoms with Crippen molar-refractivity contribution in [1.29, 1.82) is 0 Å². The first-order valence-corrected chi connectivity index (χ1v) is 13.1. The summed E-state index contributed by atoms with van der Waals surface area (Å²) in [5, 5.41) is 0. The van der Waals surface area contributed by atoms with Gasteiger partial charge in [-0.1, -0.05) is 44.5 Å². The lowest BCUT2D eigenvalue weighted by atomic mass is 10.1. The highest BCUT2D eigenvalue weighted by Crippen LogP contribution is 2.13. The standard InChI is InChI=1S/C9H11F.C8H9F.C7H7FO.C7H7FS/c1-2-3-8-4-6-9(10)7-5-8;1-2-7-3-5-8(9)6-4-7;2*1-9-7-4-2-6(8)3-5-7/h4-7H,2-3H2,1H3;3-6H,2H2,1H3;2*2-5H,1H3. The zero-order valence-electron chi connectivity index (χ0n) is 21.7. The Labute approximate surface area is 222 Å². The van der Waals surface area contributed by atoms with E-state index in [9.17, 15) is 17.6 Å². The van der Waals surface area contributed by atoms with E-state index in [-0.39, 0.29) is 23.3 Å². The van der Waals surface area contributed by atoms with Crippen LogP contribution in [0.15, 0.2) is 102 Å². The van der Waals surface area contributed by atoms with Crippen LogP contribution >= 0.6 is 11.8 Å². The van der Waals surface area contributed by atoms with E-state index < -0.39 is 0 Å². The molecule has 0 aliphatic carbocycles. The fraction of sp³-hybridized carbons (Fsp3) is 0.226. The Morgan fingerprint density at radius 3 is 1.30 bits per heavy atom. The molecule has 0 radical (unpaired) electrons. The van der Waals surface area contributed by atoms with E-state index in [0.717, 1.165) is 24.2 Å². The lowest BCUT2D eigenvalue weighted by Crippen LogP contribution is -1.81. The maximum Gasteiger partial charge on any atom is 0.123 e. The highest BCUT2D eigenvalue weighted by molar-refractivity contribution is 7.98. The van der Waals surface area contributed by atoms with Crippen molar-refractivity contribution in [2.75, 3.05) is 13.4 Å². The van der Waals surface area contributed by atoms with E-state index in [4.69, 9.17) is 4.74 Å². The lowest BCUT2D eigenvalue weighted by Gasteiger charge is -1.95. The third-order valence-corrected chi connectivity index (χ3v) is 5.62. The fourth-order valence-electron chi connectivity index (χ4n) is 2.80. The molecule has 1 nitrogen and oxygen atoms in total. The summed E-state index contributed by atoms with van der Waals surface area (Å²) in [6.45, 7) is 4.16. The maximum atomic E-state index is 12.3. The molecule has 0 bridgehead atoms. The summed E-state index contributed by atoms with van der Waals surface area (Å²) in [6, 6.07) is 25.6. The molecule has 0 aliphatic heterocycles. The molecule has 0 aliphatic rings. The number of hydrogen-bond acceptors (Lipinski definition) is 2. The number of ether oxygens (including phenoxy) is 1. The molecule has 37 heavy (non-hydrogen) atoms. The summed E-state index contributed by atoms with van der Waals surface area (Å²) in [5.74, 6) is -0.0490. The average molecular weight is 531 g/mol. The smallest absolute Gasteiger partial charge is 0.123 e. The van der Waals surface area contributed by atoms with Gasteiger partial charge in [-0.05, 0) is 103 Å². The number of halogens is 4. The largest absolute Gasteiger partial charge is 0.497 e. The van der Waals surface area contributed by atoms with Crippen molar-refractivity contribution < 1.29 is 22.3 Å². The van der Waals surface area contributed by atoms with Gasteiger partial charge in [0.1, 0.15) is 29.0 Å². The van der Waals surface area contributed by atoms with Crippen LogP contribution in [0.4, 0.5) is 17.6 Å². The number of thioether (sulfide) groups is 1. The molecule has 0 saturated carbocycles. The van der Waals surface area contributed by atoms with E-state index in [0.29, 0.717) is 5.75 Å². The summed E-state index contributed by atoms with van der Waals surface area (Å²) >= 11 is 1.61. The minimum absolute atomic E-state index is 0.153. The Morgan fingerprint density at radius 1 is 0.568 bits per heavy atom. The van der Waals surface area contributed by atoms with E-state index in [1.165, 1.54) is 59.7 Å². The first-order valence-electron chi connectivity index (χ1n) is 11.9. The van der Waals surface area contributed by atoms with E-state index in [1.54, 1.807) is 55.3 Å². The molecule has 0 fully saturated rings. The topological polar surface area (TPSA) is 9.23 Å². The Kier molecular flexibility index (Phi) is 16.3. The van der Waals surface area contributed by atoms with Gasteiger partial charge in [-0.3, -0.25) is 0 Å². The van der Waals surface area contributed by atoms with Crippen LogP contribution in [0.2, 0.25) is 0 Å². The van der Waals surface area contributed by atoms with Crippen molar-refractivity contribution in [2.24, 2.45) is 0 Å². The van der Waals surface area contributed by atoms with Crippen molar-refractivity contribution in [3.63, 3.8) is 0 Å². The van der Waals surface area contributed by atoms with Gasteiger partial charge in [0.2, 0.25) is 0 Å². The summed E-state index contributed by atoms with van der Waals surface area (Å²) in [5.41, 5.74) is 2.39. The van der Waals surface area contributed by atoms with Crippen LogP contribution in [0, 0.1) is 23.3 Å². The minimum Gasteiger partial charge on any atom is -0.497 e. The third-order valence-electron chi connectivity index (χ3n) is 4.87. The molecule has 0 heterocycles. The van der Waals surface area contributed by atoms with Gasteiger partial charge in [0.25, 0.3) is 0 Å². The van der Waals surface area contributed by atoms with Crippen molar-refractivity contribution >= 4 is 11.8 Å². The Hall–Kier alpha value is -3.25. The number of aryl methyl sites for hydroxylation is 2. The number of hydrogen-bond donors (Lipinski definition) is 0. The summed E-state index contributed by atoms with van der Waals surface area (Å²) in [4.78, 5) is 1.09. The molecule has 0 saturated heterocycles. The minimum atomic E-state index is -0.240. The zero-order valence-corrected chi connectivity index (χ0v) is 22.5. The molecule has 6 heteroatoms. The summed E-state index contributed by atoms with van der Waals surface area (Å²) in [6.07, 6.45) is 5.10. The van der Waals surface area contributed by atoms with Crippen molar-refractivity contribution in [3.8, 4) is 5.75 Å². The molecule has 0 spiro atoms. The van der Waals surface area contributed by atoms with Crippen LogP contribution in [0.3, 0.4) is 0 Å². The quantitative estimate of drug-likeness (QED) is 0.188. The van der Waals surface area contributed by atoms with Gasteiger partial charge >= 0.3 is 0 Å². The van der Waals surface area contributed by atoms with Gasteiger partial charge in [-0.25, -0.2) is 17.6 Å². The Morgan fingerprint density at radius 2 is 0.946 bits per heavy atom. The monoisotopic (exact) mass is 530 g/mol. The molecule has 0 aromatic heterocycles. The molecule has 0 atom stereocenters. The zero-order chi connectivity index (χ0) is 27.5. The second kappa shape index (κ2) is 18.9. The Balaban J connectivity index is 0.000000247. The highest BCUT2D eigenvalue weighted by Gasteiger charge is 1.91. The van der Waals surface area contributed by atoms with Gasteiger partial charge in [0.15, 0.2) is 0 Å². The third kappa shape index (κ3) is 14.8. The molecule has 4 rings (SSSR count). The maximum absolute atomic E-state index is 12.3. The van der Waals surface area contributed by atoms with Crippen LogP contribution in [0.5, 0.6) is 5.75 Å². The predicted molar refractivity (Wildman–Crippen MR) is 147 cm³/mol. The normalized spacial score (nSPS) is 9.51. The highest BCUT2D eigenvalue weighted by atomic mass is 32.2. The molecular weight excluding hydrogens is 496 g/mol. The molecule has 0 unspecified atom stereocenters. The van der Waals surface area contributed by atoms with E-state index >= 15 is 0 Å². The first kappa shape index (κ1) is 31.8. The summed E-state index contributed by atoms with van der Waals surface area (Å²) < 4.78 is 53.7. The van der Waals surface area contributed by atoms with Crippen LogP contribution in [-0.4, -0.2) is 13.4 Å². The molecule has 198 valence electrons.